The number of isocyanates is 2. The zero-order valence-electron chi connectivity index (χ0n) is 16.9. The number of aliphatic imine (C=N–C) groups is 2. The van der Waals surface area contributed by atoms with Crippen LogP contribution in [-0.2, 0) is 9.59 Å². The van der Waals surface area contributed by atoms with Gasteiger partial charge in [-0.2, -0.15) is 0 Å². The van der Waals surface area contributed by atoms with E-state index < -0.39 is 0 Å². The Labute approximate surface area is 161 Å². The Bertz CT molecular complexity index is 336. The summed E-state index contributed by atoms with van der Waals surface area (Å²) in [7, 11) is 0. The van der Waals surface area contributed by atoms with Gasteiger partial charge in [0.25, 0.3) is 0 Å². The summed E-state index contributed by atoms with van der Waals surface area (Å²) in [6.45, 7) is 1.31. The Morgan fingerprint density at radius 3 is 0.731 bits per heavy atom. The van der Waals surface area contributed by atoms with Gasteiger partial charge in [-0.1, -0.05) is 103 Å². The number of carbonyl (C=O) groups excluding carboxylic acids is 2. The van der Waals surface area contributed by atoms with E-state index in [2.05, 4.69) is 9.98 Å². The smallest absolute Gasteiger partial charge is 0.211 e. The van der Waals surface area contributed by atoms with Crippen LogP contribution in [0.15, 0.2) is 9.98 Å². The molecule has 0 fully saturated rings. The first-order valence-electron chi connectivity index (χ1n) is 11.0. The molecule has 0 aliphatic rings. The molecular weight excluding hydrogens is 324 g/mol. The Hall–Kier alpha value is -1.24. The van der Waals surface area contributed by atoms with Crippen molar-refractivity contribution in [3.05, 3.63) is 0 Å². The highest BCUT2D eigenvalue weighted by Gasteiger charge is 1.95. The van der Waals surface area contributed by atoms with Crippen molar-refractivity contribution in [2.45, 2.75) is 116 Å². The lowest BCUT2D eigenvalue weighted by Crippen LogP contribution is -1.85. The predicted octanol–water partition coefficient (Wildman–Crippen LogP) is 6.68. The van der Waals surface area contributed by atoms with E-state index in [0.717, 1.165) is 12.8 Å². The van der Waals surface area contributed by atoms with Crippen LogP contribution in [0.25, 0.3) is 0 Å². The van der Waals surface area contributed by atoms with Crippen LogP contribution >= 0.6 is 0 Å². The summed E-state index contributed by atoms with van der Waals surface area (Å²) >= 11 is 0. The molecule has 0 aliphatic carbocycles. The molecule has 0 amide bonds. The van der Waals surface area contributed by atoms with Crippen LogP contribution in [-0.4, -0.2) is 25.2 Å². The summed E-state index contributed by atoms with van der Waals surface area (Å²) in [4.78, 5) is 27.0. The van der Waals surface area contributed by atoms with Crippen LogP contribution < -0.4 is 0 Å². The average Bonchev–Trinajstić information content (AvgIpc) is 2.66. The number of hydrogen-bond acceptors (Lipinski definition) is 4. The van der Waals surface area contributed by atoms with Crippen LogP contribution in [0.2, 0.25) is 0 Å². The normalized spacial score (nSPS) is 10.3. The van der Waals surface area contributed by atoms with Gasteiger partial charge in [0.2, 0.25) is 12.2 Å². The summed E-state index contributed by atoms with van der Waals surface area (Å²) in [5.74, 6) is 0. The fourth-order valence-corrected chi connectivity index (χ4v) is 3.30. The van der Waals surface area contributed by atoms with Gasteiger partial charge >= 0.3 is 0 Å². The third kappa shape index (κ3) is 22.8. The van der Waals surface area contributed by atoms with Crippen LogP contribution in [0.3, 0.4) is 0 Å². The zero-order valence-corrected chi connectivity index (χ0v) is 16.9. The van der Waals surface area contributed by atoms with E-state index in [1.165, 1.54) is 103 Å². The van der Waals surface area contributed by atoms with Crippen molar-refractivity contribution < 1.29 is 9.59 Å². The van der Waals surface area contributed by atoms with Crippen molar-refractivity contribution in [2.24, 2.45) is 9.98 Å². The molecule has 0 spiro atoms. The minimum atomic E-state index is 0.654. The number of hydrogen-bond donors (Lipinski definition) is 0. The fraction of sp³-hybridized carbons (Fsp3) is 0.909. The second-order valence-corrected chi connectivity index (χ2v) is 7.31. The predicted molar refractivity (Wildman–Crippen MR) is 109 cm³/mol. The molecular formula is C22H40N2O2. The van der Waals surface area contributed by atoms with Gasteiger partial charge in [-0.05, 0) is 12.8 Å². The van der Waals surface area contributed by atoms with E-state index in [9.17, 15) is 9.59 Å². The lowest BCUT2D eigenvalue weighted by molar-refractivity contribution is 0.524. The SMILES string of the molecule is O=C=NCCCCCCCCCCCCCCCCCCCCN=C=O. The van der Waals surface area contributed by atoms with E-state index in [1.807, 2.05) is 0 Å². The van der Waals surface area contributed by atoms with Crippen molar-refractivity contribution in [1.29, 1.82) is 0 Å². The molecule has 150 valence electrons. The molecule has 4 nitrogen and oxygen atoms in total. The van der Waals surface area contributed by atoms with E-state index in [0.29, 0.717) is 13.1 Å². The van der Waals surface area contributed by atoms with Crippen LogP contribution in [0.4, 0.5) is 0 Å². The first kappa shape index (κ1) is 24.8. The first-order chi connectivity index (χ1) is 12.9. The van der Waals surface area contributed by atoms with Gasteiger partial charge < -0.3 is 0 Å². The van der Waals surface area contributed by atoms with Gasteiger partial charge in [-0.15, -0.1) is 0 Å². The molecule has 0 aromatic heterocycles. The third-order valence-corrected chi connectivity index (χ3v) is 4.92. The van der Waals surface area contributed by atoms with Crippen LogP contribution in [0.5, 0.6) is 0 Å². The van der Waals surface area contributed by atoms with Gasteiger partial charge in [-0.25, -0.2) is 19.6 Å². The molecule has 0 heterocycles. The Balaban J connectivity index is 3.00. The van der Waals surface area contributed by atoms with E-state index in [4.69, 9.17) is 0 Å². The summed E-state index contributed by atoms with van der Waals surface area (Å²) in [6, 6.07) is 0. The maximum absolute atomic E-state index is 9.91. The fourth-order valence-electron chi connectivity index (χ4n) is 3.30. The maximum Gasteiger partial charge on any atom is 0.234 e. The largest absolute Gasteiger partial charge is 0.234 e. The highest BCUT2D eigenvalue weighted by molar-refractivity contribution is 5.32. The Morgan fingerprint density at radius 2 is 0.538 bits per heavy atom. The summed E-state index contributed by atoms with van der Waals surface area (Å²) in [6.07, 6.45) is 26.7. The van der Waals surface area contributed by atoms with Gasteiger partial charge in [0.05, 0.1) is 13.1 Å². The second kappa shape index (κ2) is 23.8. The summed E-state index contributed by atoms with van der Waals surface area (Å²) in [5, 5.41) is 0. The monoisotopic (exact) mass is 364 g/mol. The van der Waals surface area contributed by atoms with E-state index >= 15 is 0 Å². The van der Waals surface area contributed by atoms with Crippen molar-refractivity contribution in [3.63, 3.8) is 0 Å². The van der Waals surface area contributed by atoms with Crippen molar-refractivity contribution in [3.8, 4) is 0 Å². The molecule has 0 aromatic rings. The van der Waals surface area contributed by atoms with Crippen molar-refractivity contribution >= 4 is 12.2 Å². The minimum Gasteiger partial charge on any atom is -0.211 e. The van der Waals surface area contributed by atoms with E-state index in [1.54, 1.807) is 12.2 Å². The maximum atomic E-state index is 9.91. The lowest BCUT2D eigenvalue weighted by Gasteiger charge is -2.03. The molecule has 0 aliphatic heterocycles. The Morgan fingerprint density at radius 1 is 0.346 bits per heavy atom. The van der Waals surface area contributed by atoms with Gasteiger partial charge in [0.15, 0.2) is 0 Å². The van der Waals surface area contributed by atoms with Gasteiger partial charge in [-0.3, -0.25) is 0 Å². The first-order valence-corrected chi connectivity index (χ1v) is 11.0. The zero-order chi connectivity index (χ0) is 19.0. The average molecular weight is 365 g/mol. The molecule has 26 heavy (non-hydrogen) atoms. The minimum absolute atomic E-state index is 0.654. The number of unbranched alkanes of at least 4 members (excludes halogenated alkanes) is 17. The quantitative estimate of drug-likeness (QED) is 0.129. The van der Waals surface area contributed by atoms with Crippen molar-refractivity contribution in [1.82, 2.24) is 0 Å². The topological polar surface area (TPSA) is 58.9 Å². The number of rotatable bonds is 21. The molecule has 0 bridgehead atoms. The third-order valence-electron chi connectivity index (χ3n) is 4.92. The molecule has 4 heteroatoms. The second-order valence-electron chi connectivity index (χ2n) is 7.31. The summed E-state index contributed by atoms with van der Waals surface area (Å²) in [5.41, 5.74) is 0. The highest BCUT2D eigenvalue weighted by Crippen LogP contribution is 2.14. The van der Waals surface area contributed by atoms with E-state index in [-0.39, 0.29) is 0 Å². The molecule has 0 atom stereocenters. The lowest BCUT2D eigenvalue weighted by atomic mass is 10.0. The Kier molecular flexibility index (Phi) is 22.6. The molecule has 0 saturated carbocycles. The standard InChI is InChI=1S/C22H40N2O2/c25-21-23-19-17-15-13-11-9-7-5-3-1-2-4-6-8-10-12-14-16-18-20-24-22-26/h1-20H2. The highest BCUT2D eigenvalue weighted by atomic mass is 16.1. The molecule has 0 N–H and O–H groups in total. The van der Waals surface area contributed by atoms with Gasteiger partial charge in [0, 0.05) is 0 Å². The number of nitrogens with zero attached hydrogens (tertiary/aromatic N) is 2. The molecule has 0 radical (unpaired) electrons. The summed E-state index contributed by atoms with van der Waals surface area (Å²) < 4.78 is 0. The molecule has 0 rings (SSSR count). The van der Waals surface area contributed by atoms with Crippen LogP contribution in [0.1, 0.15) is 116 Å². The van der Waals surface area contributed by atoms with Crippen LogP contribution in [0, 0.1) is 0 Å². The van der Waals surface area contributed by atoms with Gasteiger partial charge in [0.1, 0.15) is 0 Å². The molecule has 0 saturated heterocycles. The molecule has 0 aromatic carbocycles. The molecule has 0 unspecified atom stereocenters. The van der Waals surface area contributed by atoms with Crippen molar-refractivity contribution in [2.75, 3.05) is 13.1 Å².